The fourth-order valence-corrected chi connectivity index (χ4v) is 1.21. The lowest BCUT2D eigenvalue weighted by molar-refractivity contribution is 0.323. The Labute approximate surface area is 60.2 Å². The van der Waals surface area contributed by atoms with Crippen molar-refractivity contribution >= 4 is 0 Å². The van der Waals surface area contributed by atoms with Gasteiger partial charge in [0.05, 0.1) is 6.26 Å². The molecule has 1 aliphatic rings. The zero-order valence-corrected chi connectivity index (χ0v) is 5.84. The molecule has 1 N–H and O–H groups in total. The van der Waals surface area contributed by atoms with E-state index in [1.54, 1.807) is 6.26 Å². The monoisotopic (exact) mass is 137 g/mol. The highest BCUT2D eigenvalue weighted by atomic mass is 16.3. The molecule has 0 spiro atoms. The summed E-state index contributed by atoms with van der Waals surface area (Å²) in [5.74, 6) is 1.93. The van der Waals surface area contributed by atoms with Gasteiger partial charge < -0.3 is 9.73 Å². The summed E-state index contributed by atoms with van der Waals surface area (Å²) in [6.45, 7) is 2.31. The van der Waals surface area contributed by atoms with Gasteiger partial charge in [-0.15, -0.1) is 0 Å². The van der Waals surface area contributed by atoms with Crippen LogP contribution in [0.4, 0.5) is 0 Å². The Morgan fingerprint density at radius 2 is 2.50 bits per heavy atom. The Morgan fingerprint density at radius 1 is 1.60 bits per heavy atom. The smallest absolute Gasteiger partial charge is 0.104 e. The highest BCUT2D eigenvalue weighted by Gasteiger charge is 2.17. The molecule has 1 aliphatic heterocycles. The van der Waals surface area contributed by atoms with E-state index < -0.39 is 0 Å². The van der Waals surface area contributed by atoms with Crippen LogP contribution in [0.15, 0.2) is 22.8 Å². The van der Waals surface area contributed by atoms with Gasteiger partial charge in [-0.25, -0.2) is 0 Å². The molecule has 54 valence electrons. The van der Waals surface area contributed by atoms with E-state index in [0.29, 0.717) is 0 Å². The molecule has 2 rings (SSSR count). The van der Waals surface area contributed by atoms with Crippen molar-refractivity contribution in [3.8, 4) is 0 Å². The van der Waals surface area contributed by atoms with Crippen molar-refractivity contribution in [1.29, 1.82) is 0 Å². The lowest BCUT2D eigenvalue weighted by Gasteiger charge is -2.25. The van der Waals surface area contributed by atoms with Gasteiger partial charge in [0.1, 0.15) is 5.76 Å². The third-order valence-corrected chi connectivity index (χ3v) is 1.94. The summed E-state index contributed by atoms with van der Waals surface area (Å²) in [6, 6.07) is 3.99. The maximum atomic E-state index is 5.21. The summed E-state index contributed by atoms with van der Waals surface area (Å²) in [7, 11) is 0. The summed E-state index contributed by atoms with van der Waals surface area (Å²) in [4.78, 5) is 0. The van der Waals surface area contributed by atoms with Crippen LogP contribution in [0.1, 0.15) is 5.76 Å². The molecule has 0 atom stereocenters. The van der Waals surface area contributed by atoms with Gasteiger partial charge in [0.2, 0.25) is 0 Å². The number of rotatable bonds is 2. The van der Waals surface area contributed by atoms with Gasteiger partial charge in [0, 0.05) is 6.42 Å². The van der Waals surface area contributed by atoms with Crippen molar-refractivity contribution in [3.63, 3.8) is 0 Å². The predicted octanol–water partition coefficient (Wildman–Crippen LogP) is 1.04. The first kappa shape index (κ1) is 5.98. The molecule has 1 fully saturated rings. The van der Waals surface area contributed by atoms with Crippen LogP contribution in [-0.4, -0.2) is 13.1 Å². The minimum absolute atomic E-state index is 0.811. The Morgan fingerprint density at radius 3 is 3.00 bits per heavy atom. The van der Waals surface area contributed by atoms with Gasteiger partial charge in [-0.1, -0.05) is 0 Å². The quantitative estimate of drug-likeness (QED) is 0.659. The summed E-state index contributed by atoms with van der Waals surface area (Å²) in [5, 5.41) is 3.23. The first-order valence-electron chi connectivity index (χ1n) is 3.68. The van der Waals surface area contributed by atoms with Crippen molar-refractivity contribution in [1.82, 2.24) is 5.32 Å². The summed E-state index contributed by atoms with van der Waals surface area (Å²) in [5.41, 5.74) is 0. The zero-order chi connectivity index (χ0) is 6.81. The number of hydrogen-bond acceptors (Lipinski definition) is 2. The fourth-order valence-electron chi connectivity index (χ4n) is 1.21. The van der Waals surface area contributed by atoms with Crippen LogP contribution >= 0.6 is 0 Å². The second-order valence-corrected chi connectivity index (χ2v) is 2.81. The van der Waals surface area contributed by atoms with E-state index >= 15 is 0 Å². The van der Waals surface area contributed by atoms with Gasteiger partial charge in [0.25, 0.3) is 0 Å². The minimum atomic E-state index is 0.811. The van der Waals surface area contributed by atoms with Crippen LogP contribution in [0.25, 0.3) is 0 Å². The third kappa shape index (κ3) is 1.07. The Kier molecular flexibility index (Phi) is 1.47. The highest BCUT2D eigenvalue weighted by molar-refractivity contribution is 5.00. The molecular formula is C8H11NO. The molecule has 1 saturated heterocycles. The van der Waals surface area contributed by atoms with Crippen molar-refractivity contribution < 1.29 is 4.42 Å². The van der Waals surface area contributed by atoms with Gasteiger partial charge in [-0.2, -0.15) is 0 Å². The molecule has 1 aromatic heterocycles. The number of hydrogen-bond donors (Lipinski definition) is 1. The largest absolute Gasteiger partial charge is 0.469 e. The van der Waals surface area contributed by atoms with Gasteiger partial charge in [-0.05, 0) is 31.1 Å². The Balaban J connectivity index is 1.90. The first-order chi connectivity index (χ1) is 4.95. The van der Waals surface area contributed by atoms with E-state index in [2.05, 4.69) is 5.32 Å². The third-order valence-electron chi connectivity index (χ3n) is 1.94. The molecule has 0 saturated carbocycles. The molecule has 10 heavy (non-hydrogen) atoms. The maximum absolute atomic E-state index is 5.21. The molecule has 2 nitrogen and oxygen atoms in total. The highest BCUT2D eigenvalue weighted by Crippen LogP contribution is 2.12. The molecule has 2 heterocycles. The molecule has 1 aromatic rings. The topological polar surface area (TPSA) is 25.2 Å². The van der Waals surface area contributed by atoms with Crippen molar-refractivity contribution in [2.45, 2.75) is 6.42 Å². The van der Waals surface area contributed by atoms with Crippen molar-refractivity contribution in [2.24, 2.45) is 5.92 Å². The SMILES string of the molecule is c1coc(CC2CNC2)c1. The van der Waals surface area contributed by atoms with Crippen LogP contribution in [-0.2, 0) is 6.42 Å². The molecule has 0 bridgehead atoms. The standard InChI is InChI=1S/C8H11NO/c1-2-8(10-3-1)4-7-5-9-6-7/h1-3,7,9H,4-6H2. The maximum Gasteiger partial charge on any atom is 0.104 e. The molecule has 2 heteroatoms. The Hall–Kier alpha value is -0.760. The summed E-state index contributed by atoms with van der Waals surface area (Å²) < 4.78 is 5.21. The molecule has 0 radical (unpaired) electrons. The van der Waals surface area contributed by atoms with Crippen LogP contribution in [0.2, 0.25) is 0 Å². The van der Waals surface area contributed by atoms with Gasteiger partial charge in [-0.3, -0.25) is 0 Å². The van der Waals surface area contributed by atoms with Crippen molar-refractivity contribution in [3.05, 3.63) is 24.2 Å². The van der Waals surface area contributed by atoms with Crippen LogP contribution in [0.5, 0.6) is 0 Å². The lowest BCUT2D eigenvalue weighted by Crippen LogP contribution is -2.42. The summed E-state index contributed by atoms with van der Waals surface area (Å²) in [6.07, 6.45) is 2.83. The van der Waals surface area contributed by atoms with Crippen LogP contribution < -0.4 is 5.32 Å². The molecule has 0 aromatic carbocycles. The zero-order valence-electron chi connectivity index (χ0n) is 5.84. The first-order valence-corrected chi connectivity index (χ1v) is 3.68. The molecule has 0 aliphatic carbocycles. The van der Waals surface area contributed by atoms with Crippen LogP contribution in [0, 0.1) is 5.92 Å². The van der Waals surface area contributed by atoms with Crippen LogP contribution in [0.3, 0.4) is 0 Å². The van der Waals surface area contributed by atoms with Gasteiger partial charge >= 0.3 is 0 Å². The van der Waals surface area contributed by atoms with E-state index in [1.807, 2.05) is 12.1 Å². The molecule has 0 amide bonds. The minimum Gasteiger partial charge on any atom is -0.469 e. The Bertz CT molecular complexity index is 189. The lowest BCUT2D eigenvalue weighted by atomic mass is 9.98. The second kappa shape index (κ2) is 2.46. The van der Waals surface area contributed by atoms with E-state index in [-0.39, 0.29) is 0 Å². The number of furan rings is 1. The summed E-state index contributed by atoms with van der Waals surface area (Å²) >= 11 is 0. The van der Waals surface area contributed by atoms with E-state index in [0.717, 1.165) is 31.2 Å². The van der Waals surface area contributed by atoms with E-state index in [4.69, 9.17) is 4.42 Å². The molecular weight excluding hydrogens is 126 g/mol. The average molecular weight is 137 g/mol. The number of nitrogens with one attached hydrogen (secondary N) is 1. The second-order valence-electron chi connectivity index (χ2n) is 2.81. The molecule has 0 unspecified atom stereocenters. The normalized spacial score (nSPS) is 18.8. The predicted molar refractivity (Wildman–Crippen MR) is 38.8 cm³/mol. The van der Waals surface area contributed by atoms with Gasteiger partial charge in [0.15, 0.2) is 0 Å². The van der Waals surface area contributed by atoms with E-state index in [1.165, 1.54) is 0 Å². The van der Waals surface area contributed by atoms with Crippen molar-refractivity contribution in [2.75, 3.05) is 13.1 Å². The van der Waals surface area contributed by atoms with E-state index in [9.17, 15) is 0 Å². The fraction of sp³-hybridized carbons (Fsp3) is 0.500. The average Bonchev–Trinajstić information content (AvgIpc) is 2.29.